The van der Waals surface area contributed by atoms with Gasteiger partial charge in [0.2, 0.25) is 0 Å². The highest BCUT2D eigenvalue weighted by Gasteiger charge is 2.27. The maximum Gasteiger partial charge on any atom is 0.137 e. The van der Waals surface area contributed by atoms with Gasteiger partial charge in [-0.25, -0.2) is 0 Å². The third-order valence-electron chi connectivity index (χ3n) is 2.68. The molecule has 2 N–H and O–H groups in total. The summed E-state index contributed by atoms with van der Waals surface area (Å²) in [6, 6.07) is 1.67. The zero-order valence-electron chi connectivity index (χ0n) is 10.4. The number of nitrogens with two attached hydrogens (primary N) is 1. The van der Waals surface area contributed by atoms with E-state index in [1.807, 2.05) is 26.8 Å². The summed E-state index contributed by atoms with van der Waals surface area (Å²) in [6.07, 6.45) is 3.42. The maximum absolute atomic E-state index is 6.13. The van der Waals surface area contributed by atoms with Crippen molar-refractivity contribution < 1.29 is 9.47 Å². The van der Waals surface area contributed by atoms with Crippen molar-refractivity contribution in [3.8, 4) is 5.75 Å². The number of pyridine rings is 1. The summed E-state index contributed by atoms with van der Waals surface area (Å²) in [5.74, 6) is 0.738. The van der Waals surface area contributed by atoms with E-state index in [4.69, 9.17) is 15.2 Å². The van der Waals surface area contributed by atoms with Crippen LogP contribution in [0.5, 0.6) is 5.75 Å². The molecule has 0 fully saturated rings. The molecule has 4 nitrogen and oxygen atoms in total. The summed E-state index contributed by atoms with van der Waals surface area (Å²) in [5, 5.41) is 0. The predicted octanol–water partition coefficient (Wildman–Crippen LogP) is 1.91. The first kappa shape index (κ1) is 12.9. The molecule has 0 bridgehead atoms. The Morgan fingerprint density at radius 2 is 2.12 bits per heavy atom. The van der Waals surface area contributed by atoms with Gasteiger partial charge in [-0.1, -0.05) is 0 Å². The van der Waals surface area contributed by atoms with Crippen molar-refractivity contribution in [3.63, 3.8) is 0 Å². The molecule has 0 amide bonds. The molecule has 0 aliphatic carbocycles. The minimum absolute atomic E-state index is 0.231. The highest BCUT2D eigenvalue weighted by Crippen LogP contribution is 2.27. The molecule has 1 aromatic heterocycles. The van der Waals surface area contributed by atoms with E-state index in [2.05, 4.69) is 4.98 Å². The van der Waals surface area contributed by atoms with E-state index in [1.54, 1.807) is 19.5 Å². The Hall–Kier alpha value is -1.13. The molecule has 1 heterocycles. The fraction of sp³-hybridized carbons (Fsp3) is 0.583. The van der Waals surface area contributed by atoms with Gasteiger partial charge in [-0.05, 0) is 32.4 Å². The first-order valence-electron chi connectivity index (χ1n) is 5.39. The standard InChI is InChI=1S/C12H20N2O2/c1-5-16-10-6-9(7-14-8-10)11(13)12(2,3)15-4/h6-8,11H,5,13H2,1-4H3. The summed E-state index contributed by atoms with van der Waals surface area (Å²) < 4.78 is 10.7. The maximum atomic E-state index is 6.13. The van der Waals surface area contributed by atoms with Crippen LogP contribution in [0.4, 0.5) is 0 Å². The van der Waals surface area contributed by atoms with Crippen molar-refractivity contribution >= 4 is 0 Å². The molecule has 1 aromatic rings. The van der Waals surface area contributed by atoms with Crippen LogP contribution in [-0.2, 0) is 4.74 Å². The Labute approximate surface area is 96.8 Å². The molecule has 0 aromatic carbocycles. The molecular weight excluding hydrogens is 204 g/mol. The van der Waals surface area contributed by atoms with Crippen LogP contribution in [0.15, 0.2) is 18.5 Å². The van der Waals surface area contributed by atoms with Crippen molar-refractivity contribution in [2.24, 2.45) is 5.73 Å². The van der Waals surface area contributed by atoms with Gasteiger partial charge in [0, 0.05) is 13.3 Å². The van der Waals surface area contributed by atoms with Gasteiger partial charge in [0.25, 0.3) is 0 Å². The molecule has 16 heavy (non-hydrogen) atoms. The molecule has 1 rings (SSSR count). The highest BCUT2D eigenvalue weighted by atomic mass is 16.5. The zero-order chi connectivity index (χ0) is 12.2. The van der Waals surface area contributed by atoms with Gasteiger partial charge < -0.3 is 15.2 Å². The second-order valence-electron chi connectivity index (χ2n) is 4.17. The van der Waals surface area contributed by atoms with Crippen LogP contribution in [0.2, 0.25) is 0 Å². The van der Waals surface area contributed by atoms with Crippen LogP contribution in [0, 0.1) is 0 Å². The lowest BCUT2D eigenvalue weighted by atomic mass is 9.93. The van der Waals surface area contributed by atoms with Gasteiger partial charge in [-0.15, -0.1) is 0 Å². The summed E-state index contributed by atoms with van der Waals surface area (Å²) >= 11 is 0. The van der Waals surface area contributed by atoms with Crippen LogP contribution in [0.3, 0.4) is 0 Å². The van der Waals surface area contributed by atoms with E-state index >= 15 is 0 Å². The topological polar surface area (TPSA) is 57.4 Å². The molecule has 0 aliphatic heterocycles. The number of ether oxygens (including phenoxy) is 2. The van der Waals surface area contributed by atoms with Crippen molar-refractivity contribution in [2.75, 3.05) is 13.7 Å². The van der Waals surface area contributed by atoms with Gasteiger partial charge in [-0.3, -0.25) is 4.98 Å². The first-order chi connectivity index (χ1) is 7.51. The Balaban J connectivity index is 2.91. The quantitative estimate of drug-likeness (QED) is 0.830. The van der Waals surface area contributed by atoms with Gasteiger partial charge >= 0.3 is 0 Å². The average molecular weight is 224 g/mol. The third-order valence-corrected chi connectivity index (χ3v) is 2.68. The highest BCUT2D eigenvalue weighted by molar-refractivity contribution is 5.27. The van der Waals surface area contributed by atoms with Crippen molar-refractivity contribution in [3.05, 3.63) is 24.0 Å². The van der Waals surface area contributed by atoms with Gasteiger partial charge in [0.1, 0.15) is 5.75 Å². The van der Waals surface area contributed by atoms with E-state index in [0.717, 1.165) is 11.3 Å². The molecule has 4 heteroatoms. The first-order valence-corrected chi connectivity index (χ1v) is 5.39. The number of hydrogen-bond acceptors (Lipinski definition) is 4. The van der Waals surface area contributed by atoms with Crippen LogP contribution in [-0.4, -0.2) is 24.3 Å². The average Bonchev–Trinajstić information content (AvgIpc) is 2.29. The van der Waals surface area contributed by atoms with Crippen LogP contribution >= 0.6 is 0 Å². The molecule has 0 spiro atoms. The molecule has 0 aliphatic rings. The number of hydrogen-bond donors (Lipinski definition) is 1. The molecule has 0 radical (unpaired) electrons. The summed E-state index contributed by atoms with van der Waals surface area (Å²) in [7, 11) is 1.65. The van der Waals surface area contributed by atoms with Gasteiger partial charge in [0.15, 0.2) is 0 Å². The smallest absolute Gasteiger partial charge is 0.137 e. The van der Waals surface area contributed by atoms with Gasteiger partial charge in [-0.2, -0.15) is 0 Å². The second-order valence-corrected chi connectivity index (χ2v) is 4.17. The second kappa shape index (κ2) is 5.27. The van der Waals surface area contributed by atoms with Crippen molar-refractivity contribution in [1.29, 1.82) is 0 Å². The number of aromatic nitrogens is 1. The molecule has 1 unspecified atom stereocenters. The van der Waals surface area contributed by atoms with Crippen LogP contribution < -0.4 is 10.5 Å². The summed E-state index contributed by atoms with van der Waals surface area (Å²) in [5.41, 5.74) is 6.62. The molecular formula is C12H20N2O2. The molecule has 0 saturated heterocycles. The Morgan fingerprint density at radius 1 is 1.44 bits per heavy atom. The normalized spacial score (nSPS) is 13.6. The van der Waals surface area contributed by atoms with Crippen LogP contribution in [0.25, 0.3) is 0 Å². The Kier molecular flexibility index (Phi) is 4.26. The molecule has 1 atom stereocenters. The summed E-state index contributed by atoms with van der Waals surface area (Å²) in [6.45, 7) is 6.45. The Bertz CT molecular complexity index is 340. The van der Waals surface area contributed by atoms with Gasteiger partial charge in [0.05, 0.1) is 24.4 Å². The lowest BCUT2D eigenvalue weighted by molar-refractivity contribution is -0.000158. The third kappa shape index (κ3) is 2.93. The molecule has 90 valence electrons. The van der Waals surface area contributed by atoms with Crippen LogP contribution in [0.1, 0.15) is 32.4 Å². The lowest BCUT2D eigenvalue weighted by Gasteiger charge is -2.30. The largest absolute Gasteiger partial charge is 0.492 e. The predicted molar refractivity (Wildman–Crippen MR) is 63.4 cm³/mol. The van der Waals surface area contributed by atoms with Crippen molar-refractivity contribution in [2.45, 2.75) is 32.4 Å². The number of methoxy groups -OCH3 is 1. The van der Waals surface area contributed by atoms with E-state index in [0.29, 0.717) is 6.61 Å². The minimum Gasteiger partial charge on any atom is -0.492 e. The monoisotopic (exact) mass is 224 g/mol. The minimum atomic E-state index is -0.424. The lowest BCUT2D eigenvalue weighted by Crippen LogP contribution is -2.37. The number of nitrogens with zero attached hydrogens (tertiary/aromatic N) is 1. The fourth-order valence-corrected chi connectivity index (χ4v) is 1.38. The SMILES string of the molecule is CCOc1cncc(C(N)C(C)(C)OC)c1. The fourth-order valence-electron chi connectivity index (χ4n) is 1.38. The van der Waals surface area contributed by atoms with E-state index in [1.165, 1.54) is 0 Å². The van der Waals surface area contributed by atoms with Crippen molar-refractivity contribution in [1.82, 2.24) is 4.98 Å². The van der Waals surface area contributed by atoms with E-state index < -0.39 is 5.60 Å². The summed E-state index contributed by atoms with van der Waals surface area (Å²) in [4.78, 5) is 4.11. The Morgan fingerprint density at radius 3 is 2.69 bits per heavy atom. The zero-order valence-corrected chi connectivity index (χ0v) is 10.4. The molecule has 0 saturated carbocycles. The van der Waals surface area contributed by atoms with E-state index in [-0.39, 0.29) is 6.04 Å². The van der Waals surface area contributed by atoms with E-state index in [9.17, 15) is 0 Å². The number of rotatable bonds is 5.